The number of carbonyl (C=O) groups excluding carboxylic acids is 1. The molecule has 4 heteroatoms. The number of benzene rings is 3. The number of hydrogen-bond donors (Lipinski definition) is 2. The lowest BCUT2D eigenvalue weighted by Crippen LogP contribution is -2.48. The Hall–Kier alpha value is -3.11. The molecule has 1 aliphatic heterocycles. The van der Waals surface area contributed by atoms with Crippen molar-refractivity contribution < 1.29 is 14.6 Å². The Labute approximate surface area is 164 Å². The summed E-state index contributed by atoms with van der Waals surface area (Å²) < 4.78 is 5.34. The quantitative estimate of drug-likeness (QED) is 0.706. The molecule has 1 heterocycles. The average molecular weight is 373 g/mol. The fraction of sp³-hybridized carbons (Fsp3) is 0.208. The van der Waals surface area contributed by atoms with E-state index in [4.69, 9.17) is 4.74 Å². The Morgan fingerprint density at radius 1 is 0.929 bits per heavy atom. The fourth-order valence-corrected chi connectivity index (χ4v) is 4.01. The smallest absolute Gasteiger partial charge is 0.234 e. The van der Waals surface area contributed by atoms with Crippen LogP contribution in [0.15, 0.2) is 78.9 Å². The summed E-state index contributed by atoms with van der Waals surface area (Å²) in [5.74, 6) is 0.493. The van der Waals surface area contributed by atoms with E-state index in [9.17, 15) is 9.90 Å². The van der Waals surface area contributed by atoms with Crippen molar-refractivity contribution in [2.45, 2.75) is 18.9 Å². The molecule has 0 saturated carbocycles. The van der Waals surface area contributed by atoms with Crippen LogP contribution in [0, 0.1) is 5.41 Å². The predicted octanol–water partition coefficient (Wildman–Crippen LogP) is 4.15. The minimum Gasteiger partial charge on any atom is -0.497 e. The maximum absolute atomic E-state index is 13.4. The highest BCUT2D eigenvalue weighted by molar-refractivity contribution is 5.99. The number of ether oxygens (including phenoxy) is 1. The van der Waals surface area contributed by atoms with Crippen molar-refractivity contribution >= 4 is 11.6 Å². The van der Waals surface area contributed by atoms with Gasteiger partial charge in [0.05, 0.1) is 18.6 Å². The maximum Gasteiger partial charge on any atom is 0.234 e. The van der Waals surface area contributed by atoms with Gasteiger partial charge in [-0.05, 0) is 42.2 Å². The van der Waals surface area contributed by atoms with Gasteiger partial charge in [-0.3, -0.25) is 4.79 Å². The van der Waals surface area contributed by atoms with Gasteiger partial charge in [-0.2, -0.15) is 0 Å². The third kappa shape index (κ3) is 3.27. The van der Waals surface area contributed by atoms with E-state index < -0.39 is 11.5 Å². The first-order valence-corrected chi connectivity index (χ1v) is 9.38. The van der Waals surface area contributed by atoms with Crippen molar-refractivity contribution in [3.63, 3.8) is 0 Å². The molecule has 0 aromatic heterocycles. The minimum atomic E-state index is -1.01. The summed E-state index contributed by atoms with van der Waals surface area (Å²) in [6.45, 7) is 0. The van der Waals surface area contributed by atoms with Crippen molar-refractivity contribution in [2.75, 3.05) is 12.4 Å². The van der Waals surface area contributed by atoms with E-state index in [-0.39, 0.29) is 5.91 Å². The van der Waals surface area contributed by atoms with E-state index in [0.29, 0.717) is 29.8 Å². The van der Waals surface area contributed by atoms with Crippen LogP contribution in [0.2, 0.25) is 0 Å². The van der Waals surface area contributed by atoms with E-state index in [1.807, 2.05) is 66.7 Å². The molecule has 1 amide bonds. The zero-order valence-corrected chi connectivity index (χ0v) is 15.8. The standard InChI is InChI=1S/C24H23NO3/c1-28-19-12-13-21-20(14-19)22(26)24(23(27)25-21,15-17-8-4-2-5-9-17)16-18-10-6-3-7-11-18/h2-14,22,26H,15-16H2,1H3,(H,25,27). The van der Waals surface area contributed by atoms with Crippen LogP contribution in [-0.2, 0) is 17.6 Å². The SMILES string of the molecule is COc1ccc2c(c1)C(O)C(Cc1ccccc1)(Cc1ccccc1)C(=O)N2. The number of amides is 1. The first-order chi connectivity index (χ1) is 13.6. The van der Waals surface area contributed by atoms with Crippen LogP contribution >= 0.6 is 0 Å². The molecule has 1 aliphatic rings. The highest BCUT2D eigenvalue weighted by Crippen LogP contribution is 2.47. The molecule has 3 aromatic carbocycles. The Morgan fingerprint density at radius 3 is 2.04 bits per heavy atom. The van der Waals surface area contributed by atoms with Gasteiger partial charge in [0.1, 0.15) is 5.75 Å². The molecular weight excluding hydrogens is 350 g/mol. The maximum atomic E-state index is 13.4. The van der Waals surface area contributed by atoms with Crippen molar-refractivity contribution in [1.29, 1.82) is 0 Å². The largest absolute Gasteiger partial charge is 0.497 e. The molecule has 0 bridgehead atoms. The summed E-state index contributed by atoms with van der Waals surface area (Å²) in [6, 6.07) is 25.1. The lowest BCUT2D eigenvalue weighted by Gasteiger charge is -2.41. The van der Waals surface area contributed by atoms with Crippen molar-refractivity contribution in [1.82, 2.24) is 0 Å². The van der Waals surface area contributed by atoms with Gasteiger partial charge in [0.2, 0.25) is 5.91 Å². The molecule has 4 rings (SSSR count). The van der Waals surface area contributed by atoms with Gasteiger partial charge in [-0.15, -0.1) is 0 Å². The summed E-state index contributed by atoms with van der Waals surface area (Å²) >= 11 is 0. The molecule has 0 aliphatic carbocycles. The first kappa shape index (κ1) is 18.3. The number of methoxy groups -OCH3 is 1. The minimum absolute atomic E-state index is 0.162. The average Bonchev–Trinajstić information content (AvgIpc) is 2.73. The van der Waals surface area contributed by atoms with E-state index in [2.05, 4.69) is 5.32 Å². The van der Waals surface area contributed by atoms with Crippen LogP contribution in [0.4, 0.5) is 5.69 Å². The number of nitrogens with one attached hydrogen (secondary N) is 1. The van der Waals surface area contributed by atoms with Gasteiger partial charge in [-0.1, -0.05) is 60.7 Å². The van der Waals surface area contributed by atoms with Gasteiger partial charge in [0.25, 0.3) is 0 Å². The highest BCUT2D eigenvalue weighted by atomic mass is 16.5. The van der Waals surface area contributed by atoms with E-state index >= 15 is 0 Å². The van der Waals surface area contributed by atoms with Crippen LogP contribution < -0.4 is 10.1 Å². The zero-order valence-electron chi connectivity index (χ0n) is 15.8. The molecule has 2 N–H and O–H groups in total. The van der Waals surface area contributed by atoms with Crippen LogP contribution in [0.25, 0.3) is 0 Å². The van der Waals surface area contributed by atoms with E-state index in [0.717, 1.165) is 11.1 Å². The van der Waals surface area contributed by atoms with Crippen molar-refractivity contribution in [3.05, 3.63) is 95.6 Å². The number of carbonyl (C=O) groups is 1. The molecule has 0 spiro atoms. The molecule has 1 unspecified atom stereocenters. The van der Waals surface area contributed by atoms with E-state index in [1.165, 1.54) is 0 Å². The lowest BCUT2D eigenvalue weighted by molar-refractivity contribution is -0.134. The number of aliphatic hydroxyl groups excluding tert-OH is 1. The Morgan fingerprint density at radius 2 is 1.50 bits per heavy atom. The molecular formula is C24H23NO3. The molecule has 0 saturated heterocycles. The molecule has 1 atom stereocenters. The Kier molecular flexibility index (Phi) is 4.88. The monoisotopic (exact) mass is 373 g/mol. The Bertz CT molecular complexity index is 928. The molecule has 4 nitrogen and oxygen atoms in total. The van der Waals surface area contributed by atoms with Gasteiger partial charge < -0.3 is 15.2 Å². The van der Waals surface area contributed by atoms with Crippen LogP contribution in [0.3, 0.4) is 0 Å². The highest BCUT2D eigenvalue weighted by Gasteiger charge is 2.49. The fourth-order valence-electron chi connectivity index (χ4n) is 4.01. The van der Waals surface area contributed by atoms with E-state index in [1.54, 1.807) is 19.2 Å². The molecule has 142 valence electrons. The number of hydrogen-bond acceptors (Lipinski definition) is 3. The van der Waals surface area contributed by atoms with Gasteiger partial charge in [0.15, 0.2) is 0 Å². The molecule has 28 heavy (non-hydrogen) atoms. The second-order valence-corrected chi connectivity index (χ2v) is 7.29. The van der Waals surface area contributed by atoms with Crippen LogP contribution in [0.5, 0.6) is 5.75 Å². The van der Waals surface area contributed by atoms with Crippen molar-refractivity contribution in [3.8, 4) is 5.75 Å². The number of aliphatic hydroxyl groups is 1. The van der Waals surface area contributed by atoms with Crippen LogP contribution in [0.1, 0.15) is 22.8 Å². The number of fused-ring (bicyclic) bond motifs is 1. The molecule has 3 aromatic rings. The Balaban J connectivity index is 1.82. The predicted molar refractivity (Wildman–Crippen MR) is 109 cm³/mol. The second-order valence-electron chi connectivity index (χ2n) is 7.29. The number of rotatable bonds is 5. The first-order valence-electron chi connectivity index (χ1n) is 9.38. The van der Waals surface area contributed by atoms with Gasteiger partial charge in [-0.25, -0.2) is 0 Å². The number of anilines is 1. The van der Waals surface area contributed by atoms with Crippen LogP contribution in [-0.4, -0.2) is 18.1 Å². The third-order valence-electron chi connectivity index (χ3n) is 5.50. The summed E-state index contributed by atoms with van der Waals surface area (Å²) in [4.78, 5) is 13.4. The van der Waals surface area contributed by atoms with Gasteiger partial charge in [0, 0.05) is 11.3 Å². The van der Waals surface area contributed by atoms with Gasteiger partial charge >= 0.3 is 0 Å². The third-order valence-corrected chi connectivity index (χ3v) is 5.50. The zero-order chi connectivity index (χ0) is 19.6. The summed E-state index contributed by atoms with van der Waals surface area (Å²) in [5.41, 5.74) is 2.33. The normalized spacial score (nSPS) is 17.5. The lowest BCUT2D eigenvalue weighted by atomic mass is 9.67. The summed E-state index contributed by atoms with van der Waals surface area (Å²) in [6.07, 6.45) is -0.0783. The molecule has 0 radical (unpaired) electrons. The summed E-state index contributed by atoms with van der Waals surface area (Å²) in [5, 5.41) is 14.5. The summed E-state index contributed by atoms with van der Waals surface area (Å²) in [7, 11) is 1.59. The van der Waals surface area contributed by atoms with Crippen molar-refractivity contribution in [2.24, 2.45) is 5.41 Å². The topological polar surface area (TPSA) is 58.6 Å². The second kappa shape index (κ2) is 7.49. The molecule has 0 fully saturated rings.